The van der Waals surface area contributed by atoms with Gasteiger partial charge in [-0.2, -0.15) is 0 Å². The number of carbonyl (C=O) groups is 1. The van der Waals surface area contributed by atoms with Crippen molar-refractivity contribution in [2.75, 3.05) is 0 Å². The Balaban J connectivity index is 2.60. The molecule has 2 atom stereocenters. The lowest BCUT2D eigenvalue weighted by atomic mass is 10.2. The average Bonchev–Trinajstić information content (AvgIpc) is 2.63. The highest BCUT2D eigenvalue weighted by atomic mass is 16.2. The number of amides is 1. The fraction of sp³-hybridized carbons (Fsp3) is 0.667. The standard InChI is InChI=1S/C9H17N5O/c1-4-7(10)9(15)12-6(2)8-13-11-5-14(8)3/h5-7H,4,10H2,1-3H3,(H,12,15). The Morgan fingerprint density at radius 3 is 2.87 bits per heavy atom. The Kier molecular flexibility index (Phi) is 3.79. The van der Waals surface area contributed by atoms with Gasteiger partial charge in [0.15, 0.2) is 5.82 Å². The van der Waals surface area contributed by atoms with Crippen LogP contribution in [0.25, 0.3) is 0 Å². The predicted molar refractivity (Wildman–Crippen MR) is 55.8 cm³/mol. The van der Waals surface area contributed by atoms with E-state index in [9.17, 15) is 4.79 Å². The number of rotatable bonds is 4. The molecule has 1 rings (SSSR count). The summed E-state index contributed by atoms with van der Waals surface area (Å²) in [6.45, 7) is 3.72. The molecule has 0 bridgehead atoms. The predicted octanol–water partition coefficient (Wildman–Crippen LogP) is -0.270. The Labute approximate surface area is 88.9 Å². The second kappa shape index (κ2) is 4.88. The van der Waals surface area contributed by atoms with Gasteiger partial charge in [0, 0.05) is 7.05 Å². The highest BCUT2D eigenvalue weighted by Gasteiger charge is 2.17. The first-order chi connectivity index (χ1) is 7.06. The monoisotopic (exact) mass is 211 g/mol. The SMILES string of the molecule is CCC(N)C(=O)NC(C)c1nncn1C. The van der Waals surface area contributed by atoms with E-state index in [-0.39, 0.29) is 11.9 Å². The van der Waals surface area contributed by atoms with Crippen molar-refractivity contribution >= 4 is 5.91 Å². The van der Waals surface area contributed by atoms with Gasteiger partial charge in [-0.05, 0) is 13.3 Å². The third-order valence-electron chi connectivity index (χ3n) is 2.27. The van der Waals surface area contributed by atoms with Crippen molar-refractivity contribution in [2.45, 2.75) is 32.4 Å². The van der Waals surface area contributed by atoms with Crippen LogP contribution in [0.5, 0.6) is 0 Å². The van der Waals surface area contributed by atoms with Crippen molar-refractivity contribution in [3.8, 4) is 0 Å². The molecule has 0 aliphatic rings. The van der Waals surface area contributed by atoms with Gasteiger partial charge in [-0.25, -0.2) is 0 Å². The molecular formula is C9H17N5O. The van der Waals surface area contributed by atoms with Crippen molar-refractivity contribution in [3.05, 3.63) is 12.2 Å². The zero-order valence-corrected chi connectivity index (χ0v) is 9.27. The quantitative estimate of drug-likeness (QED) is 0.717. The van der Waals surface area contributed by atoms with Crippen LogP contribution in [0, 0.1) is 0 Å². The number of nitrogens with zero attached hydrogens (tertiary/aromatic N) is 3. The number of hydrogen-bond acceptors (Lipinski definition) is 4. The van der Waals surface area contributed by atoms with E-state index >= 15 is 0 Å². The zero-order valence-electron chi connectivity index (χ0n) is 9.27. The van der Waals surface area contributed by atoms with Gasteiger partial charge >= 0.3 is 0 Å². The molecule has 1 aromatic rings. The fourth-order valence-electron chi connectivity index (χ4n) is 1.25. The lowest BCUT2D eigenvalue weighted by molar-refractivity contribution is -0.123. The van der Waals surface area contributed by atoms with E-state index in [2.05, 4.69) is 15.5 Å². The number of aromatic nitrogens is 3. The third kappa shape index (κ3) is 2.76. The maximum absolute atomic E-state index is 11.5. The molecule has 6 nitrogen and oxygen atoms in total. The van der Waals surface area contributed by atoms with Crippen LogP contribution in [0.3, 0.4) is 0 Å². The molecule has 0 fully saturated rings. The van der Waals surface area contributed by atoms with Crippen molar-refractivity contribution in [1.82, 2.24) is 20.1 Å². The van der Waals surface area contributed by atoms with E-state index in [1.54, 1.807) is 10.9 Å². The highest BCUT2D eigenvalue weighted by Crippen LogP contribution is 2.07. The number of nitrogens with one attached hydrogen (secondary N) is 1. The van der Waals surface area contributed by atoms with Crippen molar-refractivity contribution < 1.29 is 4.79 Å². The van der Waals surface area contributed by atoms with Crippen molar-refractivity contribution in [2.24, 2.45) is 12.8 Å². The fourth-order valence-corrected chi connectivity index (χ4v) is 1.25. The molecule has 0 spiro atoms. The van der Waals surface area contributed by atoms with Gasteiger partial charge in [-0.1, -0.05) is 6.92 Å². The molecule has 0 aliphatic carbocycles. The smallest absolute Gasteiger partial charge is 0.237 e. The van der Waals surface area contributed by atoms with Gasteiger partial charge in [-0.15, -0.1) is 10.2 Å². The average molecular weight is 211 g/mol. The van der Waals surface area contributed by atoms with Crippen LogP contribution in [0.2, 0.25) is 0 Å². The highest BCUT2D eigenvalue weighted by molar-refractivity contribution is 5.81. The minimum atomic E-state index is -0.458. The topological polar surface area (TPSA) is 85.8 Å². The third-order valence-corrected chi connectivity index (χ3v) is 2.27. The summed E-state index contributed by atoms with van der Waals surface area (Å²) in [6.07, 6.45) is 2.22. The molecule has 84 valence electrons. The molecule has 2 unspecified atom stereocenters. The Morgan fingerprint density at radius 2 is 2.40 bits per heavy atom. The van der Waals surface area contributed by atoms with Gasteiger partial charge in [0.1, 0.15) is 6.33 Å². The summed E-state index contributed by atoms with van der Waals surface area (Å²) in [5, 5.41) is 10.4. The first-order valence-corrected chi connectivity index (χ1v) is 4.96. The summed E-state index contributed by atoms with van der Waals surface area (Å²) in [5.41, 5.74) is 5.60. The van der Waals surface area contributed by atoms with Gasteiger partial charge < -0.3 is 15.6 Å². The molecule has 1 amide bonds. The van der Waals surface area contributed by atoms with Gasteiger partial charge in [-0.3, -0.25) is 4.79 Å². The largest absolute Gasteiger partial charge is 0.345 e. The van der Waals surface area contributed by atoms with E-state index in [1.165, 1.54) is 0 Å². The van der Waals surface area contributed by atoms with Gasteiger partial charge in [0.2, 0.25) is 5.91 Å². The van der Waals surface area contributed by atoms with E-state index < -0.39 is 6.04 Å². The molecule has 1 aromatic heterocycles. The van der Waals surface area contributed by atoms with Crippen LogP contribution < -0.4 is 11.1 Å². The maximum Gasteiger partial charge on any atom is 0.237 e. The minimum Gasteiger partial charge on any atom is -0.345 e. The molecule has 0 saturated carbocycles. The van der Waals surface area contributed by atoms with Gasteiger partial charge in [0.25, 0.3) is 0 Å². The molecule has 0 aromatic carbocycles. The summed E-state index contributed by atoms with van der Waals surface area (Å²) < 4.78 is 1.77. The maximum atomic E-state index is 11.5. The number of aryl methyl sites for hydroxylation is 1. The Hall–Kier alpha value is -1.43. The summed E-state index contributed by atoms with van der Waals surface area (Å²) >= 11 is 0. The summed E-state index contributed by atoms with van der Waals surface area (Å²) in [5.74, 6) is 0.555. The Morgan fingerprint density at radius 1 is 1.73 bits per heavy atom. The first kappa shape index (κ1) is 11.6. The molecule has 0 saturated heterocycles. The molecule has 3 N–H and O–H groups in total. The molecule has 0 aliphatic heterocycles. The van der Waals surface area contributed by atoms with Crippen LogP contribution >= 0.6 is 0 Å². The normalized spacial score (nSPS) is 14.7. The van der Waals surface area contributed by atoms with E-state index in [0.717, 1.165) is 0 Å². The second-order valence-electron chi connectivity index (χ2n) is 3.55. The molecule has 15 heavy (non-hydrogen) atoms. The van der Waals surface area contributed by atoms with E-state index in [0.29, 0.717) is 12.2 Å². The number of hydrogen-bond donors (Lipinski definition) is 2. The lowest BCUT2D eigenvalue weighted by Crippen LogP contribution is -2.41. The van der Waals surface area contributed by atoms with Gasteiger partial charge in [0.05, 0.1) is 12.1 Å². The van der Waals surface area contributed by atoms with Crippen LogP contribution in [-0.4, -0.2) is 26.7 Å². The van der Waals surface area contributed by atoms with E-state index in [1.807, 2.05) is 20.9 Å². The number of nitrogens with two attached hydrogens (primary N) is 1. The summed E-state index contributed by atoms with van der Waals surface area (Å²) in [4.78, 5) is 11.5. The summed E-state index contributed by atoms with van der Waals surface area (Å²) in [6, 6.07) is -0.636. The molecule has 0 radical (unpaired) electrons. The molecular weight excluding hydrogens is 194 g/mol. The van der Waals surface area contributed by atoms with Crippen molar-refractivity contribution in [1.29, 1.82) is 0 Å². The lowest BCUT2D eigenvalue weighted by Gasteiger charge is -2.15. The Bertz CT molecular complexity index is 335. The first-order valence-electron chi connectivity index (χ1n) is 4.96. The number of carbonyl (C=O) groups excluding carboxylic acids is 1. The van der Waals surface area contributed by atoms with Crippen LogP contribution in [0.4, 0.5) is 0 Å². The van der Waals surface area contributed by atoms with E-state index in [4.69, 9.17) is 5.73 Å². The second-order valence-corrected chi connectivity index (χ2v) is 3.55. The summed E-state index contributed by atoms with van der Waals surface area (Å²) in [7, 11) is 1.83. The van der Waals surface area contributed by atoms with Crippen molar-refractivity contribution in [3.63, 3.8) is 0 Å². The van der Waals surface area contributed by atoms with Crippen LogP contribution in [0.1, 0.15) is 32.1 Å². The molecule has 6 heteroatoms. The molecule has 1 heterocycles. The van der Waals surface area contributed by atoms with Crippen LogP contribution in [-0.2, 0) is 11.8 Å². The van der Waals surface area contributed by atoms with Crippen LogP contribution in [0.15, 0.2) is 6.33 Å². The minimum absolute atomic E-state index is 0.159. The zero-order chi connectivity index (χ0) is 11.4.